The van der Waals surface area contributed by atoms with Crippen molar-refractivity contribution < 1.29 is 9.59 Å². The highest BCUT2D eigenvalue weighted by molar-refractivity contribution is 6.18. The van der Waals surface area contributed by atoms with Crippen LogP contribution in [-0.2, 0) is 0 Å². The van der Waals surface area contributed by atoms with Gasteiger partial charge in [-0.05, 0) is 26.7 Å². The molecule has 0 aromatic heterocycles. The van der Waals surface area contributed by atoms with E-state index < -0.39 is 0 Å². The summed E-state index contributed by atoms with van der Waals surface area (Å²) in [5.41, 5.74) is 0. The zero-order chi connectivity index (χ0) is 17.4. The van der Waals surface area contributed by atoms with Crippen LogP contribution in [0.1, 0.15) is 91.4 Å². The molecule has 1 atom stereocenters. The Bertz CT molecular complexity index is 244. The molecule has 0 heterocycles. The van der Waals surface area contributed by atoms with Gasteiger partial charge in [-0.25, -0.2) is 0 Å². The highest BCUT2D eigenvalue weighted by Gasteiger charge is 2.25. The summed E-state index contributed by atoms with van der Waals surface area (Å²) in [7, 11) is 0. The van der Waals surface area contributed by atoms with Gasteiger partial charge in [0.1, 0.15) is 12.6 Å². The zero-order valence-electron chi connectivity index (χ0n) is 16.2. The summed E-state index contributed by atoms with van der Waals surface area (Å²) in [6.45, 7) is 11.0. The number of aliphatic hydroxyl groups excluding tert-OH is 1. The van der Waals surface area contributed by atoms with Gasteiger partial charge in [-0.15, -0.1) is 11.6 Å². The Morgan fingerprint density at radius 1 is 0.739 bits per heavy atom. The van der Waals surface area contributed by atoms with Gasteiger partial charge < -0.3 is 9.59 Å². The number of halogens is 1. The third-order valence-corrected chi connectivity index (χ3v) is 5.71. The number of hydrogen-bond acceptors (Lipinski definition) is 1. The molecule has 0 fully saturated rings. The molecule has 0 aliphatic rings. The predicted octanol–water partition coefficient (Wildman–Crippen LogP) is 5.75. The van der Waals surface area contributed by atoms with E-state index in [0.717, 1.165) is 24.1 Å². The summed E-state index contributed by atoms with van der Waals surface area (Å²) in [6.07, 6.45) is 14.9. The van der Waals surface area contributed by atoms with Crippen LogP contribution in [-0.4, -0.2) is 47.8 Å². The molecule has 0 spiro atoms. The first-order valence-electron chi connectivity index (χ1n) is 10.2. The van der Waals surface area contributed by atoms with Crippen LogP contribution >= 0.6 is 11.6 Å². The van der Waals surface area contributed by atoms with E-state index in [2.05, 4.69) is 20.8 Å². The van der Waals surface area contributed by atoms with E-state index in [9.17, 15) is 5.11 Å². The number of nitrogens with zero attached hydrogens (tertiary/aromatic N) is 1. The molecule has 0 aliphatic heterocycles. The molecule has 3 heteroatoms. The average molecular weight is 349 g/mol. The predicted molar refractivity (Wildman–Crippen MR) is 104 cm³/mol. The maximum absolute atomic E-state index is 9.89. The molecule has 0 amide bonds. The van der Waals surface area contributed by atoms with Gasteiger partial charge >= 0.3 is 0 Å². The summed E-state index contributed by atoms with van der Waals surface area (Å²) in [6, 6.07) is 0. The van der Waals surface area contributed by atoms with E-state index in [0.29, 0.717) is 5.88 Å². The number of aliphatic hydroxyl groups is 1. The fourth-order valence-electron chi connectivity index (χ4n) is 3.50. The number of hydrogen-bond donors (Lipinski definition) is 1. The van der Waals surface area contributed by atoms with Crippen molar-refractivity contribution in [1.82, 2.24) is 0 Å². The van der Waals surface area contributed by atoms with Gasteiger partial charge in [0.15, 0.2) is 0 Å². The Morgan fingerprint density at radius 3 is 1.57 bits per heavy atom. The van der Waals surface area contributed by atoms with Crippen LogP contribution in [0.3, 0.4) is 0 Å². The van der Waals surface area contributed by atoms with Gasteiger partial charge in [0.2, 0.25) is 0 Å². The summed E-state index contributed by atoms with van der Waals surface area (Å²) in [5.74, 6) is 0.359. The number of likely N-dealkylation sites (N-methyl/N-ethyl adjacent to an activating group) is 1. The fraction of sp³-hybridized carbons (Fsp3) is 1.00. The molecule has 2 nitrogen and oxygen atoms in total. The van der Waals surface area contributed by atoms with Crippen LogP contribution < -0.4 is 0 Å². The van der Waals surface area contributed by atoms with Crippen molar-refractivity contribution in [3.8, 4) is 0 Å². The lowest BCUT2D eigenvalue weighted by atomic mass is 10.1. The molecule has 0 bridgehead atoms. The van der Waals surface area contributed by atoms with E-state index in [1.165, 1.54) is 77.2 Å². The maximum atomic E-state index is 9.89. The van der Waals surface area contributed by atoms with Crippen LogP contribution in [0.2, 0.25) is 0 Å². The van der Waals surface area contributed by atoms with Crippen molar-refractivity contribution >= 4 is 11.6 Å². The van der Waals surface area contributed by atoms with Crippen molar-refractivity contribution in [2.75, 3.05) is 32.1 Å². The third-order valence-electron chi connectivity index (χ3n) is 5.35. The fourth-order valence-corrected chi connectivity index (χ4v) is 3.59. The van der Waals surface area contributed by atoms with Gasteiger partial charge in [-0.2, -0.15) is 0 Å². The van der Waals surface area contributed by atoms with Gasteiger partial charge in [-0.1, -0.05) is 64.7 Å². The first-order chi connectivity index (χ1) is 11.1. The molecule has 1 unspecified atom stereocenters. The highest BCUT2D eigenvalue weighted by Crippen LogP contribution is 2.15. The topological polar surface area (TPSA) is 20.2 Å². The second-order valence-electron chi connectivity index (χ2n) is 7.22. The van der Waals surface area contributed by atoms with Crippen LogP contribution in [0.5, 0.6) is 0 Å². The average Bonchev–Trinajstić information content (AvgIpc) is 2.58. The molecular weight excluding hydrogens is 306 g/mol. The lowest BCUT2D eigenvalue weighted by Crippen LogP contribution is -2.52. The summed E-state index contributed by atoms with van der Waals surface area (Å²) < 4.78 is 1.02. The van der Waals surface area contributed by atoms with Crippen LogP contribution in [0.15, 0.2) is 0 Å². The number of unbranched alkanes of at least 4 members (excludes halogenated alkanes) is 10. The molecular formula is C20H43ClNO+. The molecule has 140 valence electrons. The lowest BCUT2D eigenvalue weighted by Gasteiger charge is -2.38. The summed E-state index contributed by atoms with van der Waals surface area (Å²) >= 11 is 5.78. The molecule has 0 radical (unpaired) electrons. The Hall–Kier alpha value is 0.210. The molecule has 0 rings (SSSR count). The van der Waals surface area contributed by atoms with Gasteiger partial charge in [0.05, 0.1) is 25.5 Å². The smallest absolute Gasteiger partial charge is 0.116 e. The number of rotatable bonds is 17. The first kappa shape index (κ1) is 23.2. The van der Waals surface area contributed by atoms with Crippen LogP contribution in [0, 0.1) is 0 Å². The maximum Gasteiger partial charge on any atom is 0.116 e. The van der Waals surface area contributed by atoms with Crippen molar-refractivity contribution in [2.24, 2.45) is 0 Å². The van der Waals surface area contributed by atoms with Crippen LogP contribution in [0.25, 0.3) is 0 Å². The molecule has 0 saturated carbocycles. The first-order valence-corrected chi connectivity index (χ1v) is 10.8. The third kappa shape index (κ3) is 12.3. The van der Waals surface area contributed by atoms with Gasteiger partial charge in [-0.3, -0.25) is 0 Å². The molecule has 1 N–H and O–H groups in total. The van der Waals surface area contributed by atoms with E-state index in [-0.39, 0.29) is 6.10 Å². The van der Waals surface area contributed by atoms with Crippen molar-refractivity contribution in [3.63, 3.8) is 0 Å². The second-order valence-corrected chi connectivity index (χ2v) is 7.53. The van der Waals surface area contributed by atoms with E-state index in [1.54, 1.807) is 0 Å². The second kappa shape index (κ2) is 15.7. The van der Waals surface area contributed by atoms with Crippen molar-refractivity contribution in [1.29, 1.82) is 0 Å². The molecule has 0 aromatic carbocycles. The minimum absolute atomic E-state index is 0.357. The normalized spacial score (nSPS) is 13.4. The Labute approximate surface area is 151 Å². The quantitative estimate of drug-likeness (QED) is 0.201. The Morgan fingerprint density at radius 2 is 1.17 bits per heavy atom. The van der Waals surface area contributed by atoms with Gasteiger partial charge in [0, 0.05) is 0 Å². The van der Waals surface area contributed by atoms with Gasteiger partial charge in [0.25, 0.3) is 0 Å². The van der Waals surface area contributed by atoms with E-state index in [1.807, 2.05) is 0 Å². The summed E-state index contributed by atoms with van der Waals surface area (Å²) in [4.78, 5) is 0. The standard InChI is InChI=1S/C20H43ClNO/c1-4-7-8-9-10-11-12-13-14-15-16-17-22(5-2,6-3)19-20(23)18-21/h20,23H,4-19H2,1-3H3/q+1. The minimum Gasteiger partial charge on any atom is -0.386 e. The molecule has 0 aliphatic carbocycles. The van der Waals surface area contributed by atoms with Crippen molar-refractivity contribution in [2.45, 2.75) is 97.5 Å². The molecule has 23 heavy (non-hydrogen) atoms. The van der Waals surface area contributed by atoms with E-state index in [4.69, 9.17) is 11.6 Å². The lowest BCUT2D eigenvalue weighted by molar-refractivity contribution is -0.927. The van der Waals surface area contributed by atoms with E-state index >= 15 is 0 Å². The Kier molecular flexibility index (Phi) is 15.9. The molecule has 0 saturated heterocycles. The SMILES string of the molecule is CCCCCCCCCCCCC[N+](CC)(CC)CC(O)CCl. The minimum atomic E-state index is -0.357. The zero-order valence-corrected chi connectivity index (χ0v) is 16.9. The Balaban J connectivity index is 3.63. The summed E-state index contributed by atoms with van der Waals surface area (Å²) in [5, 5.41) is 9.89. The molecule has 0 aromatic rings. The largest absolute Gasteiger partial charge is 0.386 e. The van der Waals surface area contributed by atoms with Crippen molar-refractivity contribution in [3.05, 3.63) is 0 Å². The number of alkyl halides is 1. The van der Waals surface area contributed by atoms with Crippen LogP contribution in [0.4, 0.5) is 0 Å². The highest BCUT2D eigenvalue weighted by atomic mass is 35.5. The number of quaternary nitrogens is 1. The monoisotopic (exact) mass is 348 g/mol.